The maximum Gasteiger partial charge on any atom is 0.228 e. The normalized spacial score (nSPS) is 14.7. The summed E-state index contributed by atoms with van der Waals surface area (Å²) in [5.74, 6) is 0.0158. The van der Waals surface area contributed by atoms with E-state index in [-0.39, 0.29) is 11.9 Å². The average molecular weight is 302 g/mol. The fraction of sp³-hybridized carbons (Fsp3) is 0.333. The van der Waals surface area contributed by atoms with Crippen LogP contribution in [0.2, 0.25) is 0 Å². The summed E-state index contributed by atoms with van der Waals surface area (Å²) in [5, 5.41) is 7.26. The third-order valence-corrected chi connectivity index (χ3v) is 4.89. The van der Waals surface area contributed by atoms with Crippen molar-refractivity contribution < 1.29 is 4.79 Å². The topological polar surface area (TPSA) is 80.0 Å². The molecule has 110 valence electrons. The predicted octanol–water partition coefficient (Wildman–Crippen LogP) is 2.96. The number of nitrogen functional groups attached to an aromatic ring is 1. The summed E-state index contributed by atoms with van der Waals surface area (Å²) in [6.07, 6.45) is 3.32. The van der Waals surface area contributed by atoms with Crippen LogP contribution in [0.15, 0.2) is 18.3 Å². The quantitative estimate of drug-likeness (QED) is 0.759. The number of fused-ring (bicyclic) bond motifs is 1. The summed E-state index contributed by atoms with van der Waals surface area (Å²) < 4.78 is 0. The van der Waals surface area contributed by atoms with E-state index in [1.807, 2.05) is 18.3 Å². The van der Waals surface area contributed by atoms with Crippen molar-refractivity contribution >= 4 is 34.3 Å². The van der Waals surface area contributed by atoms with Crippen LogP contribution in [0.3, 0.4) is 0 Å². The van der Waals surface area contributed by atoms with Crippen molar-refractivity contribution in [2.75, 3.05) is 16.4 Å². The molecular weight excluding hydrogens is 284 g/mol. The Morgan fingerprint density at radius 3 is 3.05 bits per heavy atom. The van der Waals surface area contributed by atoms with E-state index < -0.39 is 0 Å². The minimum atomic E-state index is 0.0158. The van der Waals surface area contributed by atoms with Crippen molar-refractivity contribution in [3.05, 3.63) is 33.8 Å². The Balaban J connectivity index is 1.81. The van der Waals surface area contributed by atoms with Crippen LogP contribution in [0.5, 0.6) is 0 Å². The Labute approximate surface area is 127 Å². The Morgan fingerprint density at radius 2 is 2.33 bits per heavy atom. The maximum absolute atomic E-state index is 11.4. The molecule has 2 aromatic rings. The van der Waals surface area contributed by atoms with Crippen molar-refractivity contribution in [3.63, 3.8) is 0 Å². The van der Waals surface area contributed by atoms with Gasteiger partial charge >= 0.3 is 0 Å². The van der Waals surface area contributed by atoms with Gasteiger partial charge in [-0.3, -0.25) is 4.79 Å². The highest BCUT2D eigenvalue weighted by Gasteiger charge is 2.20. The van der Waals surface area contributed by atoms with Gasteiger partial charge in [0, 0.05) is 16.8 Å². The number of nitrogens with zero attached hydrogens (tertiary/aromatic N) is 1. The van der Waals surface area contributed by atoms with E-state index in [2.05, 4.69) is 29.5 Å². The molecule has 0 bridgehead atoms. The van der Waals surface area contributed by atoms with Crippen LogP contribution in [0.1, 0.15) is 35.3 Å². The molecule has 21 heavy (non-hydrogen) atoms. The first-order valence-corrected chi connectivity index (χ1v) is 7.82. The molecule has 6 heteroatoms. The van der Waals surface area contributed by atoms with Gasteiger partial charge in [0.2, 0.25) is 5.91 Å². The lowest BCUT2D eigenvalue weighted by Gasteiger charge is -2.16. The second-order valence-electron chi connectivity index (χ2n) is 5.21. The number of nitrogens with two attached hydrogens (primary N) is 1. The Bertz CT molecular complexity index is 695. The SMILES string of the molecule is CCc1cnc(C(C)Nc2cc3c(cc2N)CC(=O)N3)s1. The molecule has 2 heterocycles. The number of aromatic nitrogens is 1. The first kappa shape index (κ1) is 13.9. The van der Waals surface area contributed by atoms with E-state index in [4.69, 9.17) is 5.73 Å². The van der Waals surface area contributed by atoms with Crippen molar-refractivity contribution in [1.82, 2.24) is 4.98 Å². The van der Waals surface area contributed by atoms with Crippen LogP contribution >= 0.6 is 11.3 Å². The Kier molecular flexibility index (Phi) is 3.55. The fourth-order valence-electron chi connectivity index (χ4n) is 2.40. The summed E-state index contributed by atoms with van der Waals surface area (Å²) in [6, 6.07) is 3.84. The second kappa shape index (κ2) is 5.37. The summed E-state index contributed by atoms with van der Waals surface area (Å²) in [7, 11) is 0. The van der Waals surface area contributed by atoms with Gasteiger partial charge < -0.3 is 16.4 Å². The number of carbonyl (C=O) groups excluding carboxylic acids is 1. The van der Waals surface area contributed by atoms with Crippen LogP contribution in [-0.4, -0.2) is 10.9 Å². The zero-order valence-corrected chi connectivity index (χ0v) is 12.9. The lowest BCUT2D eigenvalue weighted by atomic mass is 10.1. The van der Waals surface area contributed by atoms with E-state index in [0.717, 1.165) is 28.4 Å². The maximum atomic E-state index is 11.4. The van der Waals surface area contributed by atoms with Gasteiger partial charge in [0.15, 0.2) is 0 Å². The summed E-state index contributed by atoms with van der Waals surface area (Å²) in [5.41, 5.74) is 9.37. The van der Waals surface area contributed by atoms with E-state index in [0.29, 0.717) is 12.1 Å². The largest absolute Gasteiger partial charge is 0.397 e. The van der Waals surface area contributed by atoms with Gasteiger partial charge in [0.05, 0.1) is 23.8 Å². The van der Waals surface area contributed by atoms with Gasteiger partial charge in [-0.25, -0.2) is 4.98 Å². The van der Waals surface area contributed by atoms with Gasteiger partial charge in [-0.05, 0) is 31.0 Å². The van der Waals surface area contributed by atoms with Crippen LogP contribution in [0.4, 0.5) is 17.1 Å². The van der Waals surface area contributed by atoms with Crippen LogP contribution < -0.4 is 16.4 Å². The number of thiazole rings is 1. The van der Waals surface area contributed by atoms with E-state index in [1.165, 1.54) is 4.88 Å². The first-order valence-electron chi connectivity index (χ1n) is 7.00. The lowest BCUT2D eigenvalue weighted by molar-refractivity contribution is -0.115. The number of benzene rings is 1. The molecule has 1 aliphatic heterocycles. The van der Waals surface area contributed by atoms with Crippen LogP contribution in [0.25, 0.3) is 0 Å². The number of hydrogen-bond acceptors (Lipinski definition) is 5. The Morgan fingerprint density at radius 1 is 1.52 bits per heavy atom. The van der Waals surface area contributed by atoms with Crippen molar-refractivity contribution in [3.8, 4) is 0 Å². The molecule has 0 fully saturated rings. The molecule has 1 aromatic carbocycles. The molecule has 1 unspecified atom stereocenters. The zero-order valence-electron chi connectivity index (χ0n) is 12.1. The van der Waals surface area contributed by atoms with Crippen molar-refractivity contribution in [2.24, 2.45) is 0 Å². The monoisotopic (exact) mass is 302 g/mol. The molecule has 0 radical (unpaired) electrons. The highest BCUT2D eigenvalue weighted by Crippen LogP contribution is 2.34. The van der Waals surface area contributed by atoms with E-state index in [9.17, 15) is 4.79 Å². The standard InChI is InChI=1S/C15H18N4OS/c1-3-10-7-17-15(21-10)8(2)18-13-6-12-9(4-11(13)16)5-14(20)19-12/h4,6-8,18H,3,5,16H2,1-2H3,(H,19,20). The highest BCUT2D eigenvalue weighted by atomic mass is 32.1. The summed E-state index contributed by atoms with van der Waals surface area (Å²) >= 11 is 1.71. The molecule has 0 aliphatic carbocycles. The minimum Gasteiger partial charge on any atom is -0.397 e. The zero-order chi connectivity index (χ0) is 15.0. The number of anilines is 3. The first-order chi connectivity index (χ1) is 10.1. The molecular formula is C15H18N4OS. The molecule has 1 amide bonds. The van der Waals surface area contributed by atoms with E-state index in [1.54, 1.807) is 11.3 Å². The van der Waals surface area contributed by atoms with Crippen molar-refractivity contribution in [2.45, 2.75) is 32.7 Å². The smallest absolute Gasteiger partial charge is 0.228 e. The molecule has 1 aliphatic rings. The number of amides is 1. The predicted molar refractivity (Wildman–Crippen MR) is 86.7 cm³/mol. The molecule has 1 atom stereocenters. The van der Waals surface area contributed by atoms with E-state index >= 15 is 0 Å². The Hall–Kier alpha value is -2.08. The highest BCUT2D eigenvalue weighted by molar-refractivity contribution is 7.11. The van der Waals surface area contributed by atoms with Gasteiger partial charge in [0.25, 0.3) is 0 Å². The minimum absolute atomic E-state index is 0.0158. The van der Waals surface area contributed by atoms with Crippen molar-refractivity contribution in [1.29, 1.82) is 0 Å². The molecule has 5 nitrogen and oxygen atoms in total. The molecule has 3 rings (SSSR count). The second-order valence-corrected chi connectivity index (χ2v) is 6.35. The van der Waals surface area contributed by atoms with Crippen LogP contribution in [0, 0.1) is 0 Å². The van der Waals surface area contributed by atoms with Gasteiger partial charge in [-0.15, -0.1) is 11.3 Å². The van der Waals surface area contributed by atoms with Crippen LogP contribution in [-0.2, 0) is 17.6 Å². The number of carbonyl (C=O) groups is 1. The van der Waals surface area contributed by atoms with Gasteiger partial charge in [-0.2, -0.15) is 0 Å². The number of nitrogens with one attached hydrogen (secondary N) is 2. The molecule has 0 saturated heterocycles. The molecule has 0 spiro atoms. The third-order valence-electron chi connectivity index (χ3n) is 3.56. The van der Waals surface area contributed by atoms with Gasteiger partial charge in [-0.1, -0.05) is 6.92 Å². The number of aryl methyl sites for hydroxylation is 1. The molecule has 1 aromatic heterocycles. The molecule has 0 saturated carbocycles. The number of hydrogen-bond donors (Lipinski definition) is 3. The summed E-state index contributed by atoms with van der Waals surface area (Å²) in [6.45, 7) is 4.18. The number of rotatable bonds is 4. The summed E-state index contributed by atoms with van der Waals surface area (Å²) in [4.78, 5) is 17.1. The molecule has 4 N–H and O–H groups in total. The fourth-order valence-corrected chi connectivity index (χ4v) is 3.26. The third kappa shape index (κ3) is 2.71. The lowest BCUT2D eigenvalue weighted by Crippen LogP contribution is -2.08. The van der Waals surface area contributed by atoms with Gasteiger partial charge in [0.1, 0.15) is 5.01 Å². The average Bonchev–Trinajstić information content (AvgIpc) is 3.04.